The lowest BCUT2D eigenvalue weighted by molar-refractivity contribution is -0.115. The number of halogens is 2. The van der Waals surface area contributed by atoms with Crippen LogP contribution in [-0.4, -0.2) is 21.1 Å². The van der Waals surface area contributed by atoms with Crippen molar-refractivity contribution in [2.75, 3.05) is 5.32 Å². The molecule has 1 amide bonds. The number of anilines is 1. The number of rotatable bonds is 6. The average Bonchev–Trinajstić information content (AvgIpc) is 3.04. The van der Waals surface area contributed by atoms with Gasteiger partial charge in [-0.25, -0.2) is 4.39 Å². The number of carbonyl (C=O) groups is 1. The smallest absolute Gasteiger partial charge is 0.230 e. The van der Waals surface area contributed by atoms with Crippen LogP contribution in [0.1, 0.15) is 11.1 Å². The quantitative estimate of drug-likeness (QED) is 0.458. The highest BCUT2D eigenvalue weighted by Gasteiger charge is 2.11. The Bertz CT molecular complexity index is 876. The molecular formula is C16H12BrFN4OS2. The number of hydrogen-bond donors (Lipinski definition) is 1. The summed E-state index contributed by atoms with van der Waals surface area (Å²) in [6.45, 7) is 0. The van der Waals surface area contributed by atoms with Gasteiger partial charge in [-0.1, -0.05) is 35.2 Å². The molecule has 1 N–H and O–H groups in total. The molecule has 0 aliphatic carbocycles. The van der Waals surface area contributed by atoms with Crippen LogP contribution in [0.3, 0.4) is 0 Å². The highest BCUT2D eigenvalue weighted by Crippen LogP contribution is 2.30. The van der Waals surface area contributed by atoms with E-state index in [0.717, 1.165) is 5.56 Å². The summed E-state index contributed by atoms with van der Waals surface area (Å²) in [6.07, 6.45) is 3.53. The van der Waals surface area contributed by atoms with Crippen LogP contribution in [0.2, 0.25) is 0 Å². The molecule has 0 atom stereocenters. The van der Waals surface area contributed by atoms with Gasteiger partial charge in [0.15, 0.2) is 4.34 Å². The standard InChI is InChI=1S/C16H12BrFN4OS2/c17-12-3-1-2-11(14(12)18)9-24-16-22-21-15(25-16)20-13(23)8-10-4-6-19-7-5-10/h1-7H,8-9H2,(H,20,21,23). The number of aromatic nitrogens is 3. The maximum absolute atomic E-state index is 13.9. The maximum atomic E-state index is 13.9. The molecule has 5 nitrogen and oxygen atoms in total. The number of thioether (sulfide) groups is 1. The van der Waals surface area contributed by atoms with Crippen molar-refractivity contribution in [1.29, 1.82) is 0 Å². The van der Waals surface area contributed by atoms with Crippen LogP contribution < -0.4 is 5.32 Å². The summed E-state index contributed by atoms with van der Waals surface area (Å²) in [5.74, 6) is -0.00690. The summed E-state index contributed by atoms with van der Waals surface area (Å²) in [7, 11) is 0. The van der Waals surface area contributed by atoms with Crippen LogP contribution in [0.25, 0.3) is 0 Å². The van der Waals surface area contributed by atoms with Crippen molar-refractivity contribution >= 4 is 50.1 Å². The molecule has 3 aromatic rings. The van der Waals surface area contributed by atoms with Gasteiger partial charge in [-0.3, -0.25) is 9.78 Å². The third-order valence-electron chi connectivity index (χ3n) is 3.15. The first-order chi connectivity index (χ1) is 12.1. The van der Waals surface area contributed by atoms with Gasteiger partial charge in [-0.2, -0.15) is 0 Å². The van der Waals surface area contributed by atoms with Crippen LogP contribution in [-0.2, 0) is 17.0 Å². The molecule has 0 spiro atoms. The van der Waals surface area contributed by atoms with Crippen molar-refractivity contribution in [1.82, 2.24) is 15.2 Å². The van der Waals surface area contributed by atoms with E-state index in [1.54, 1.807) is 42.7 Å². The predicted molar refractivity (Wildman–Crippen MR) is 100 cm³/mol. The minimum Gasteiger partial charge on any atom is -0.300 e. The molecule has 128 valence electrons. The third-order valence-corrected chi connectivity index (χ3v) is 5.78. The first-order valence-corrected chi connectivity index (χ1v) is 9.79. The van der Waals surface area contributed by atoms with Crippen molar-refractivity contribution in [3.63, 3.8) is 0 Å². The van der Waals surface area contributed by atoms with E-state index in [-0.39, 0.29) is 18.1 Å². The van der Waals surface area contributed by atoms with Crippen LogP contribution in [0.15, 0.2) is 51.5 Å². The van der Waals surface area contributed by atoms with Crippen molar-refractivity contribution in [2.45, 2.75) is 16.5 Å². The lowest BCUT2D eigenvalue weighted by atomic mass is 10.2. The van der Waals surface area contributed by atoms with Crippen LogP contribution in [0.5, 0.6) is 0 Å². The zero-order valence-corrected chi connectivity index (χ0v) is 16.0. The van der Waals surface area contributed by atoms with Crippen molar-refractivity contribution in [3.05, 3.63) is 64.1 Å². The van der Waals surface area contributed by atoms with Gasteiger partial charge in [0.2, 0.25) is 11.0 Å². The van der Waals surface area contributed by atoms with E-state index < -0.39 is 0 Å². The largest absolute Gasteiger partial charge is 0.300 e. The molecule has 1 aromatic carbocycles. The fraction of sp³-hybridized carbons (Fsp3) is 0.125. The predicted octanol–water partition coefficient (Wildman–Crippen LogP) is 4.31. The van der Waals surface area contributed by atoms with Crippen LogP contribution in [0.4, 0.5) is 9.52 Å². The molecule has 0 aliphatic heterocycles. The van der Waals surface area contributed by atoms with E-state index in [9.17, 15) is 9.18 Å². The van der Waals surface area contributed by atoms with E-state index in [2.05, 4.69) is 36.4 Å². The molecule has 25 heavy (non-hydrogen) atoms. The first-order valence-electron chi connectivity index (χ1n) is 7.20. The van der Waals surface area contributed by atoms with Gasteiger partial charge in [0.1, 0.15) is 5.82 Å². The fourth-order valence-corrected chi connectivity index (χ4v) is 4.12. The first kappa shape index (κ1) is 18.0. The lowest BCUT2D eigenvalue weighted by Crippen LogP contribution is -2.14. The Labute approximate surface area is 160 Å². The van der Waals surface area contributed by atoms with Gasteiger partial charge in [0.05, 0.1) is 10.9 Å². The fourth-order valence-electron chi connectivity index (χ4n) is 1.97. The maximum Gasteiger partial charge on any atom is 0.230 e. The van der Waals surface area contributed by atoms with Crippen LogP contribution >= 0.6 is 39.0 Å². The van der Waals surface area contributed by atoms with Gasteiger partial charge in [0, 0.05) is 18.1 Å². The van der Waals surface area contributed by atoms with E-state index in [0.29, 0.717) is 25.3 Å². The SMILES string of the molecule is O=C(Cc1ccncc1)Nc1nnc(SCc2cccc(Br)c2F)s1. The Balaban J connectivity index is 1.55. The highest BCUT2D eigenvalue weighted by atomic mass is 79.9. The number of nitrogens with one attached hydrogen (secondary N) is 1. The second-order valence-corrected chi connectivity index (χ2v) is 8.01. The topological polar surface area (TPSA) is 67.8 Å². The second-order valence-electron chi connectivity index (χ2n) is 4.96. The molecule has 0 unspecified atom stereocenters. The Morgan fingerprint density at radius 1 is 1.24 bits per heavy atom. The summed E-state index contributed by atoms with van der Waals surface area (Å²) < 4.78 is 15.0. The number of benzene rings is 1. The number of nitrogens with zero attached hydrogens (tertiary/aromatic N) is 3. The molecular weight excluding hydrogens is 427 g/mol. The molecule has 0 bridgehead atoms. The summed E-state index contributed by atoms with van der Waals surface area (Å²) in [4.78, 5) is 15.9. The molecule has 0 radical (unpaired) electrons. The van der Waals surface area contributed by atoms with Gasteiger partial charge in [0.25, 0.3) is 0 Å². The van der Waals surface area contributed by atoms with E-state index in [1.165, 1.54) is 23.1 Å². The number of carbonyl (C=O) groups excluding carboxylic acids is 1. The number of amides is 1. The molecule has 9 heteroatoms. The summed E-state index contributed by atoms with van der Waals surface area (Å²) in [5, 5.41) is 11.1. The monoisotopic (exact) mass is 438 g/mol. The normalized spacial score (nSPS) is 10.6. The van der Waals surface area contributed by atoms with Gasteiger partial charge < -0.3 is 5.32 Å². The molecule has 0 saturated carbocycles. The number of hydrogen-bond acceptors (Lipinski definition) is 6. The van der Waals surface area contributed by atoms with E-state index >= 15 is 0 Å². The Kier molecular flexibility index (Phi) is 6.11. The van der Waals surface area contributed by atoms with Crippen molar-refractivity contribution < 1.29 is 9.18 Å². The minimum absolute atomic E-state index is 0.170. The zero-order valence-electron chi connectivity index (χ0n) is 12.8. The Morgan fingerprint density at radius 2 is 2.04 bits per heavy atom. The molecule has 2 aromatic heterocycles. The molecule has 0 aliphatic rings. The number of pyridine rings is 1. The van der Waals surface area contributed by atoms with Gasteiger partial charge >= 0.3 is 0 Å². The second kappa shape index (κ2) is 8.50. The Hall–Kier alpha value is -1.84. The van der Waals surface area contributed by atoms with Gasteiger partial charge in [-0.05, 0) is 45.3 Å². The molecule has 0 fully saturated rings. The van der Waals surface area contributed by atoms with E-state index in [1.807, 2.05) is 0 Å². The van der Waals surface area contributed by atoms with Crippen molar-refractivity contribution in [2.24, 2.45) is 0 Å². The zero-order chi connectivity index (χ0) is 17.6. The summed E-state index contributed by atoms with van der Waals surface area (Å²) in [5.41, 5.74) is 1.45. The molecule has 2 heterocycles. The molecule has 0 saturated heterocycles. The van der Waals surface area contributed by atoms with Crippen LogP contribution in [0, 0.1) is 5.82 Å². The molecule has 3 rings (SSSR count). The lowest BCUT2D eigenvalue weighted by Gasteiger charge is -2.02. The van der Waals surface area contributed by atoms with Gasteiger partial charge in [-0.15, -0.1) is 10.2 Å². The van der Waals surface area contributed by atoms with Crippen molar-refractivity contribution in [3.8, 4) is 0 Å². The average molecular weight is 439 g/mol. The van der Waals surface area contributed by atoms with E-state index in [4.69, 9.17) is 0 Å². The summed E-state index contributed by atoms with van der Waals surface area (Å²) in [6, 6.07) is 8.74. The summed E-state index contributed by atoms with van der Waals surface area (Å²) >= 11 is 5.81. The highest BCUT2D eigenvalue weighted by molar-refractivity contribution is 9.10. The third kappa shape index (κ3) is 5.07. The Morgan fingerprint density at radius 3 is 2.84 bits per heavy atom. The minimum atomic E-state index is -0.273.